The fourth-order valence-electron chi connectivity index (χ4n) is 2.19. The number of aliphatic hydroxyl groups is 1. The quantitative estimate of drug-likeness (QED) is 0.789. The smallest absolute Gasteiger partial charge is 0.422 e. The average molecular weight is 318 g/mol. The minimum Gasteiger partial charge on any atom is -0.484 e. The molecule has 0 radical (unpaired) electrons. The van der Waals surface area contributed by atoms with Crippen LogP contribution in [0, 0.1) is 6.92 Å². The Bertz CT molecular complexity index is 549. The third-order valence-corrected chi connectivity index (χ3v) is 3.26. The molecular formula is C14H17F3N2O3. The van der Waals surface area contributed by atoms with E-state index in [-0.39, 0.29) is 11.7 Å². The van der Waals surface area contributed by atoms with Crippen molar-refractivity contribution >= 4 is 11.6 Å². The Labute approximate surface area is 125 Å². The lowest BCUT2D eigenvalue weighted by molar-refractivity contribution is -0.153. The van der Waals surface area contributed by atoms with Gasteiger partial charge in [0.25, 0.3) is 0 Å². The molecule has 2 atom stereocenters. The number of carbonyl (C=O) groups excluding carboxylic acids is 1. The van der Waals surface area contributed by atoms with Crippen molar-refractivity contribution in [1.82, 2.24) is 5.32 Å². The molecule has 1 aromatic carbocycles. The standard InChI is InChI=1S/C14H17F3N2O3/c1-8-4-9(2-3-12(8)22-7-14(15,16)17)19-13(21)11-5-10(20)6-18-11/h2-4,10-11,18,20H,5-7H2,1H3,(H,19,21). The largest absolute Gasteiger partial charge is 0.484 e. The fraction of sp³-hybridized carbons (Fsp3) is 0.500. The first-order chi connectivity index (χ1) is 10.2. The number of β-amino-alcohol motifs (C(OH)–C–C–N with tert-alkyl or cyclic N) is 1. The van der Waals surface area contributed by atoms with Crippen LogP contribution in [0.5, 0.6) is 5.75 Å². The molecule has 2 unspecified atom stereocenters. The third-order valence-electron chi connectivity index (χ3n) is 3.26. The molecule has 0 saturated carbocycles. The first kappa shape index (κ1) is 16.6. The maximum absolute atomic E-state index is 12.1. The number of anilines is 1. The number of ether oxygens (including phenoxy) is 1. The minimum absolute atomic E-state index is 0.115. The summed E-state index contributed by atoms with van der Waals surface area (Å²) < 4.78 is 41.0. The van der Waals surface area contributed by atoms with Gasteiger partial charge in [-0.3, -0.25) is 4.79 Å². The number of amides is 1. The molecule has 0 aromatic heterocycles. The molecule has 0 spiro atoms. The SMILES string of the molecule is Cc1cc(NC(=O)C2CC(O)CN2)ccc1OCC(F)(F)F. The van der Waals surface area contributed by atoms with Crippen LogP contribution in [0.25, 0.3) is 0 Å². The van der Waals surface area contributed by atoms with E-state index < -0.39 is 24.9 Å². The number of aliphatic hydroxyl groups excluding tert-OH is 1. The second kappa shape index (κ2) is 6.53. The van der Waals surface area contributed by atoms with E-state index >= 15 is 0 Å². The second-order valence-corrected chi connectivity index (χ2v) is 5.22. The van der Waals surface area contributed by atoms with Crippen LogP contribution in [0.15, 0.2) is 18.2 Å². The Hall–Kier alpha value is -1.80. The van der Waals surface area contributed by atoms with Gasteiger partial charge in [-0.2, -0.15) is 13.2 Å². The van der Waals surface area contributed by atoms with E-state index in [1.807, 2.05) is 0 Å². The maximum atomic E-state index is 12.1. The molecule has 1 aliphatic rings. The summed E-state index contributed by atoms with van der Waals surface area (Å²) in [5.41, 5.74) is 0.950. The van der Waals surface area contributed by atoms with Crippen LogP contribution in [0.1, 0.15) is 12.0 Å². The number of halogens is 3. The zero-order chi connectivity index (χ0) is 16.3. The lowest BCUT2D eigenvalue weighted by Gasteiger charge is -2.14. The Balaban J connectivity index is 1.95. The van der Waals surface area contributed by atoms with Crippen molar-refractivity contribution in [2.45, 2.75) is 31.7 Å². The summed E-state index contributed by atoms with van der Waals surface area (Å²) >= 11 is 0. The van der Waals surface area contributed by atoms with Crippen LogP contribution in [0.2, 0.25) is 0 Å². The van der Waals surface area contributed by atoms with Crippen molar-refractivity contribution < 1.29 is 27.8 Å². The van der Waals surface area contributed by atoms with Crippen molar-refractivity contribution in [3.05, 3.63) is 23.8 Å². The van der Waals surface area contributed by atoms with Gasteiger partial charge in [0.15, 0.2) is 6.61 Å². The van der Waals surface area contributed by atoms with Crippen LogP contribution >= 0.6 is 0 Å². The van der Waals surface area contributed by atoms with Crippen LogP contribution < -0.4 is 15.4 Å². The van der Waals surface area contributed by atoms with Gasteiger partial charge in [-0.1, -0.05) is 0 Å². The van der Waals surface area contributed by atoms with E-state index in [1.165, 1.54) is 18.2 Å². The summed E-state index contributed by atoms with van der Waals surface area (Å²) in [6.07, 6.45) is -4.61. The van der Waals surface area contributed by atoms with Gasteiger partial charge < -0.3 is 20.5 Å². The molecule has 3 N–H and O–H groups in total. The topological polar surface area (TPSA) is 70.6 Å². The Kier molecular flexibility index (Phi) is 4.92. The molecule has 2 rings (SSSR count). The van der Waals surface area contributed by atoms with Crippen LogP contribution in [-0.4, -0.2) is 42.5 Å². The van der Waals surface area contributed by atoms with Gasteiger partial charge in [0.05, 0.1) is 12.1 Å². The van der Waals surface area contributed by atoms with E-state index in [4.69, 9.17) is 4.74 Å². The molecule has 0 aliphatic carbocycles. The summed E-state index contributed by atoms with van der Waals surface area (Å²) in [6, 6.07) is 3.92. The van der Waals surface area contributed by atoms with Gasteiger partial charge >= 0.3 is 6.18 Å². The molecule has 1 aromatic rings. The zero-order valence-electron chi connectivity index (χ0n) is 11.9. The summed E-state index contributed by atoms with van der Waals surface area (Å²) in [5, 5.41) is 14.9. The summed E-state index contributed by atoms with van der Waals surface area (Å²) in [5.74, 6) is -0.176. The number of hydrogen-bond donors (Lipinski definition) is 3. The number of aryl methyl sites for hydroxylation is 1. The maximum Gasteiger partial charge on any atom is 0.422 e. The van der Waals surface area contributed by atoms with E-state index in [0.29, 0.717) is 24.2 Å². The van der Waals surface area contributed by atoms with Crippen molar-refractivity contribution in [2.75, 3.05) is 18.5 Å². The lowest BCUT2D eigenvalue weighted by Crippen LogP contribution is -2.35. The van der Waals surface area contributed by atoms with Crippen molar-refractivity contribution in [3.63, 3.8) is 0 Å². The Morgan fingerprint density at radius 1 is 1.50 bits per heavy atom. The van der Waals surface area contributed by atoms with Gasteiger partial charge in [0.2, 0.25) is 5.91 Å². The zero-order valence-corrected chi connectivity index (χ0v) is 11.9. The first-order valence-corrected chi connectivity index (χ1v) is 6.77. The highest BCUT2D eigenvalue weighted by atomic mass is 19.4. The van der Waals surface area contributed by atoms with Gasteiger partial charge in [0, 0.05) is 12.2 Å². The Morgan fingerprint density at radius 2 is 2.23 bits per heavy atom. The summed E-state index contributed by atoms with van der Waals surface area (Å²) in [6.45, 7) is 0.601. The molecule has 1 amide bonds. The molecule has 1 heterocycles. The predicted molar refractivity (Wildman–Crippen MR) is 73.8 cm³/mol. The van der Waals surface area contributed by atoms with E-state index in [0.717, 1.165) is 0 Å². The predicted octanol–water partition coefficient (Wildman–Crippen LogP) is 1.60. The molecule has 122 valence electrons. The van der Waals surface area contributed by atoms with Crippen LogP contribution in [0.4, 0.5) is 18.9 Å². The number of carbonyl (C=O) groups is 1. The van der Waals surface area contributed by atoms with Crippen molar-refractivity contribution in [2.24, 2.45) is 0 Å². The Morgan fingerprint density at radius 3 is 2.77 bits per heavy atom. The molecule has 22 heavy (non-hydrogen) atoms. The molecular weight excluding hydrogens is 301 g/mol. The van der Waals surface area contributed by atoms with Gasteiger partial charge in [-0.15, -0.1) is 0 Å². The van der Waals surface area contributed by atoms with Crippen molar-refractivity contribution in [1.29, 1.82) is 0 Å². The summed E-state index contributed by atoms with van der Waals surface area (Å²) in [4.78, 5) is 11.9. The number of rotatable bonds is 4. The first-order valence-electron chi connectivity index (χ1n) is 6.77. The second-order valence-electron chi connectivity index (χ2n) is 5.22. The lowest BCUT2D eigenvalue weighted by atomic mass is 10.1. The third kappa shape index (κ3) is 4.60. The normalized spacial score (nSPS) is 21.7. The van der Waals surface area contributed by atoms with Crippen LogP contribution in [-0.2, 0) is 4.79 Å². The molecule has 5 nitrogen and oxygen atoms in total. The monoisotopic (exact) mass is 318 g/mol. The highest BCUT2D eigenvalue weighted by molar-refractivity contribution is 5.95. The van der Waals surface area contributed by atoms with Crippen molar-refractivity contribution in [3.8, 4) is 5.75 Å². The van der Waals surface area contributed by atoms with E-state index in [2.05, 4.69) is 10.6 Å². The molecule has 1 saturated heterocycles. The number of nitrogens with one attached hydrogen (secondary N) is 2. The highest BCUT2D eigenvalue weighted by Gasteiger charge is 2.29. The molecule has 1 fully saturated rings. The van der Waals surface area contributed by atoms with Crippen LogP contribution in [0.3, 0.4) is 0 Å². The summed E-state index contributed by atoms with van der Waals surface area (Å²) in [7, 11) is 0. The molecule has 1 aliphatic heterocycles. The van der Waals surface area contributed by atoms with Gasteiger partial charge in [0.1, 0.15) is 5.75 Å². The van der Waals surface area contributed by atoms with Gasteiger partial charge in [-0.05, 0) is 37.1 Å². The molecule has 8 heteroatoms. The average Bonchev–Trinajstić information content (AvgIpc) is 2.83. The number of alkyl halides is 3. The number of hydrogen-bond acceptors (Lipinski definition) is 4. The molecule has 0 bridgehead atoms. The van der Waals surface area contributed by atoms with E-state index in [9.17, 15) is 23.1 Å². The highest BCUT2D eigenvalue weighted by Crippen LogP contribution is 2.25. The number of benzene rings is 1. The van der Waals surface area contributed by atoms with E-state index in [1.54, 1.807) is 6.92 Å². The van der Waals surface area contributed by atoms with Gasteiger partial charge in [-0.25, -0.2) is 0 Å². The fourth-order valence-corrected chi connectivity index (χ4v) is 2.19. The minimum atomic E-state index is -4.39.